The predicted molar refractivity (Wildman–Crippen MR) is 143 cm³/mol. The van der Waals surface area contributed by atoms with Crippen LogP contribution in [0.5, 0.6) is 0 Å². The van der Waals surface area contributed by atoms with E-state index < -0.39 is 28.5 Å². The second-order valence-electron chi connectivity index (χ2n) is 8.66. The molecule has 2 aromatic rings. The Morgan fingerprint density at radius 2 is 1.74 bits per heavy atom. The van der Waals surface area contributed by atoms with Gasteiger partial charge in [-0.3, -0.25) is 13.9 Å². The van der Waals surface area contributed by atoms with Gasteiger partial charge in [0.15, 0.2) is 0 Å². The summed E-state index contributed by atoms with van der Waals surface area (Å²) < 4.78 is 27.1. The van der Waals surface area contributed by atoms with E-state index in [-0.39, 0.29) is 34.2 Å². The second-order valence-corrected chi connectivity index (χ2v) is 12.3. The van der Waals surface area contributed by atoms with Crippen molar-refractivity contribution in [3.63, 3.8) is 0 Å². The molecule has 190 valence electrons. The van der Waals surface area contributed by atoms with E-state index in [0.29, 0.717) is 0 Å². The van der Waals surface area contributed by atoms with Crippen LogP contribution in [0.15, 0.2) is 46.9 Å². The first-order valence-electron chi connectivity index (χ1n) is 11.2. The monoisotopic (exact) mass is 603 g/mol. The Labute approximate surface area is 224 Å². The second kappa shape index (κ2) is 12.0. The minimum absolute atomic E-state index is 0.0267. The molecule has 0 unspecified atom stereocenters. The molecule has 1 fully saturated rings. The summed E-state index contributed by atoms with van der Waals surface area (Å²) in [6, 6.07) is 11.2. The lowest BCUT2D eigenvalue weighted by molar-refractivity contribution is -0.139. The lowest BCUT2D eigenvalue weighted by Crippen LogP contribution is -2.52. The summed E-state index contributed by atoms with van der Waals surface area (Å²) in [5.41, 5.74) is 0.899. The zero-order chi connectivity index (χ0) is 25.8. The molecule has 1 atom stereocenters. The number of nitrogens with one attached hydrogen (secondary N) is 1. The van der Waals surface area contributed by atoms with Crippen molar-refractivity contribution in [2.45, 2.75) is 51.2 Å². The molecule has 0 spiro atoms. The number of carbonyl (C=O) groups excluding carboxylic acids is 2. The number of rotatable bonds is 9. The maximum absolute atomic E-state index is 13.6. The number of nitrogens with zero attached hydrogens (tertiary/aromatic N) is 2. The molecule has 2 aromatic carbocycles. The van der Waals surface area contributed by atoms with Crippen LogP contribution in [0.1, 0.15) is 38.2 Å². The third-order valence-corrected chi connectivity index (χ3v) is 8.48. The number of anilines is 1. The quantitative estimate of drug-likeness (QED) is 0.436. The number of benzene rings is 2. The van der Waals surface area contributed by atoms with Crippen LogP contribution in [0, 0.1) is 0 Å². The highest BCUT2D eigenvalue weighted by atomic mass is 79.9. The number of sulfonamides is 1. The highest BCUT2D eigenvalue weighted by Crippen LogP contribution is 2.33. The minimum Gasteiger partial charge on any atom is -0.352 e. The predicted octanol–water partition coefficient (Wildman–Crippen LogP) is 5.00. The van der Waals surface area contributed by atoms with Crippen LogP contribution in [-0.2, 0) is 26.2 Å². The Morgan fingerprint density at radius 1 is 1.11 bits per heavy atom. The fourth-order valence-corrected chi connectivity index (χ4v) is 5.61. The lowest BCUT2D eigenvalue weighted by atomic mass is 10.1. The molecule has 35 heavy (non-hydrogen) atoms. The topological polar surface area (TPSA) is 86.8 Å². The Bertz CT molecular complexity index is 1170. The van der Waals surface area contributed by atoms with Crippen LogP contribution in [-0.4, -0.2) is 50.0 Å². The van der Waals surface area contributed by atoms with E-state index in [1.54, 1.807) is 13.0 Å². The minimum atomic E-state index is -3.89. The van der Waals surface area contributed by atoms with Gasteiger partial charge in [-0.1, -0.05) is 70.2 Å². The number of hydrogen-bond donors (Lipinski definition) is 1. The van der Waals surface area contributed by atoms with E-state index in [2.05, 4.69) is 21.2 Å². The first-order chi connectivity index (χ1) is 16.5. The first-order valence-corrected chi connectivity index (χ1v) is 14.6. The highest BCUT2D eigenvalue weighted by Gasteiger charge is 2.32. The molecule has 1 saturated carbocycles. The molecule has 1 N–H and O–H groups in total. The van der Waals surface area contributed by atoms with Crippen LogP contribution in [0.2, 0.25) is 10.0 Å². The third kappa shape index (κ3) is 7.35. The van der Waals surface area contributed by atoms with Gasteiger partial charge in [-0.2, -0.15) is 0 Å². The first kappa shape index (κ1) is 27.8. The molecular weight excluding hydrogens is 577 g/mol. The Morgan fingerprint density at radius 3 is 2.34 bits per heavy atom. The van der Waals surface area contributed by atoms with Crippen LogP contribution >= 0.6 is 39.1 Å². The average molecular weight is 605 g/mol. The fraction of sp³-hybridized carbons (Fsp3) is 0.417. The van der Waals surface area contributed by atoms with E-state index in [0.717, 1.165) is 46.3 Å². The van der Waals surface area contributed by atoms with E-state index in [1.807, 2.05) is 24.3 Å². The summed E-state index contributed by atoms with van der Waals surface area (Å²) in [7, 11) is -3.89. The van der Waals surface area contributed by atoms with Gasteiger partial charge in [0, 0.05) is 17.1 Å². The van der Waals surface area contributed by atoms with Gasteiger partial charge in [-0.15, -0.1) is 0 Å². The van der Waals surface area contributed by atoms with Crippen molar-refractivity contribution >= 4 is 66.7 Å². The van der Waals surface area contributed by atoms with E-state index in [9.17, 15) is 18.0 Å². The molecule has 11 heteroatoms. The van der Waals surface area contributed by atoms with Crippen molar-refractivity contribution in [3.8, 4) is 0 Å². The van der Waals surface area contributed by atoms with Crippen LogP contribution < -0.4 is 9.62 Å². The molecular formula is C24H28BrCl2N3O4S. The van der Waals surface area contributed by atoms with Gasteiger partial charge < -0.3 is 10.2 Å². The maximum atomic E-state index is 13.6. The van der Waals surface area contributed by atoms with Crippen molar-refractivity contribution in [2.75, 3.05) is 17.1 Å². The van der Waals surface area contributed by atoms with Crippen molar-refractivity contribution in [3.05, 3.63) is 62.5 Å². The molecule has 7 nitrogen and oxygen atoms in total. The zero-order valence-electron chi connectivity index (χ0n) is 19.5. The smallest absolute Gasteiger partial charge is 0.244 e. The molecule has 2 amide bonds. The van der Waals surface area contributed by atoms with Gasteiger partial charge in [0.1, 0.15) is 12.6 Å². The Hall–Kier alpha value is -1.81. The van der Waals surface area contributed by atoms with Gasteiger partial charge in [0.25, 0.3) is 0 Å². The SMILES string of the molecule is C[C@H](C(=O)NC1CCCC1)N(Cc1ccc(Br)cc1)C(=O)CN(c1cccc(Cl)c1Cl)S(C)(=O)=O. The van der Waals surface area contributed by atoms with Crippen LogP contribution in [0.25, 0.3) is 0 Å². The Kier molecular flexibility index (Phi) is 9.48. The van der Waals surface area contributed by atoms with Crippen LogP contribution in [0.3, 0.4) is 0 Å². The van der Waals surface area contributed by atoms with Gasteiger partial charge in [0.05, 0.1) is 22.0 Å². The van der Waals surface area contributed by atoms with E-state index >= 15 is 0 Å². The average Bonchev–Trinajstić information content (AvgIpc) is 3.31. The standard InChI is InChI=1S/C24H28BrCl2N3O4S/c1-16(24(32)28-19-6-3-4-7-19)29(14-17-10-12-18(25)13-11-17)22(31)15-30(35(2,33)34)21-9-5-8-20(26)23(21)27/h5,8-13,16,19H,3-4,6-7,14-15H2,1-2H3,(H,28,32)/t16-/m1/s1. The molecule has 0 bridgehead atoms. The normalized spacial score (nSPS) is 15.0. The van der Waals surface area contributed by atoms with Gasteiger partial charge in [-0.25, -0.2) is 8.42 Å². The van der Waals surface area contributed by atoms with Crippen molar-refractivity contribution < 1.29 is 18.0 Å². The van der Waals surface area contributed by atoms with Gasteiger partial charge in [0.2, 0.25) is 21.8 Å². The fourth-order valence-electron chi connectivity index (χ4n) is 4.04. The summed E-state index contributed by atoms with van der Waals surface area (Å²) in [6.07, 6.45) is 4.93. The molecule has 0 aliphatic heterocycles. The zero-order valence-corrected chi connectivity index (χ0v) is 23.4. The summed E-state index contributed by atoms with van der Waals surface area (Å²) in [6.45, 7) is 1.25. The van der Waals surface area contributed by atoms with Crippen molar-refractivity contribution in [1.29, 1.82) is 0 Å². The lowest BCUT2D eigenvalue weighted by Gasteiger charge is -2.32. The number of carbonyl (C=O) groups is 2. The van der Waals surface area contributed by atoms with Crippen molar-refractivity contribution in [2.24, 2.45) is 0 Å². The van der Waals surface area contributed by atoms with E-state index in [4.69, 9.17) is 23.2 Å². The van der Waals surface area contributed by atoms with Gasteiger partial charge in [-0.05, 0) is 49.6 Å². The number of hydrogen-bond acceptors (Lipinski definition) is 4. The molecule has 0 aromatic heterocycles. The maximum Gasteiger partial charge on any atom is 0.244 e. The summed E-state index contributed by atoms with van der Waals surface area (Å²) in [4.78, 5) is 28.0. The van der Waals surface area contributed by atoms with Gasteiger partial charge >= 0.3 is 0 Å². The number of amides is 2. The highest BCUT2D eigenvalue weighted by molar-refractivity contribution is 9.10. The molecule has 0 saturated heterocycles. The largest absolute Gasteiger partial charge is 0.352 e. The molecule has 0 heterocycles. The summed E-state index contributed by atoms with van der Waals surface area (Å²) in [5.74, 6) is -0.808. The Balaban J connectivity index is 1.90. The molecule has 0 radical (unpaired) electrons. The van der Waals surface area contributed by atoms with Crippen LogP contribution in [0.4, 0.5) is 5.69 Å². The molecule has 1 aliphatic rings. The molecule has 3 rings (SSSR count). The number of halogens is 3. The van der Waals surface area contributed by atoms with E-state index in [1.165, 1.54) is 17.0 Å². The summed E-state index contributed by atoms with van der Waals surface area (Å²) >= 11 is 15.8. The molecule has 1 aliphatic carbocycles. The summed E-state index contributed by atoms with van der Waals surface area (Å²) in [5, 5.41) is 3.22. The van der Waals surface area contributed by atoms with Crippen molar-refractivity contribution in [1.82, 2.24) is 10.2 Å². The third-order valence-electron chi connectivity index (χ3n) is 6.01.